The number of carbonyl (C=O) groups excluding carboxylic acids is 1. The number of likely N-dealkylation sites (tertiary alicyclic amines) is 1. The van der Waals surface area contributed by atoms with Gasteiger partial charge in [-0.3, -0.25) is 4.79 Å². The fourth-order valence-electron chi connectivity index (χ4n) is 3.95. The van der Waals surface area contributed by atoms with Crippen LogP contribution < -0.4 is 0 Å². The molecule has 1 amide bonds. The van der Waals surface area contributed by atoms with Crippen LogP contribution in [0, 0.1) is 5.92 Å². The van der Waals surface area contributed by atoms with Crippen LogP contribution in [-0.4, -0.2) is 33.9 Å². The molecule has 1 aromatic carbocycles. The first-order chi connectivity index (χ1) is 13.5. The Kier molecular flexibility index (Phi) is 5.74. The number of amides is 1. The molecular formula is C22H23BrClN3O. The highest BCUT2D eigenvalue weighted by molar-refractivity contribution is 9.10. The van der Waals surface area contributed by atoms with E-state index in [4.69, 9.17) is 11.6 Å². The first kappa shape index (κ1) is 19.5. The average Bonchev–Trinajstić information content (AvgIpc) is 3.10. The van der Waals surface area contributed by atoms with E-state index in [-0.39, 0.29) is 11.8 Å². The number of hydrogen-bond donors (Lipinski definition) is 1. The van der Waals surface area contributed by atoms with Crippen molar-refractivity contribution < 1.29 is 4.79 Å². The summed E-state index contributed by atoms with van der Waals surface area (Å²) in [6.45, 7) is 3.97. The highest BCUT2D eigenvalue weighted by Gasteiger charge is 2.26. The van der Waals surface area contributed by atoms with Gasteiger partial charge in [0.05, 0.1) is 0 Å². The van der Waals surface area contributed by atoms with Crippen molar-refractivity contribution in [2.75, 3.05) is 13.1 Å². The number of pyridine rings is 1. The fraction of sp³-hybridized carbons (Fsp3) is 0.364. The van der Waals surface area contributed by atoms with Crippen LogP contribution in [0.3, 0.4) is 0 Å². The summed E-state index contributed by atoms with van der Waals surface area (Å²) in [6, 6.07) is 9.87. The SMILES string of the molecule is CC1CCN(C(=O)CC(c2ccc(Cl)cc2)c2c[nH]c3ncc(Br)cc23)CC1. The molecule has 28 heavy (non-hydrogen) atoms. The van der Waals surface area contributed by atoms with Crippen LogP contribution >= 0.6 is 27.5 Å². The zero-order valence-corrected chi connectivity index (χ0v) is 18.1. The minimum atomic E-state index is -0.0473. The molecule has 1 aliphatic heterocycles. The van der Waals surface area contributed by atoms with Crippen LogP contribution in [0.15, 0.2) is 47.2 Å². The lowest BCUT2D eigenvalue weighted by Gasteiger charge is -2.31. The van der Waals surface area contributed by atoms with Crippen molar-refractivity contribution >= 4 is 44.5 Å². The van der Waals surface area contributed by atoms with Gasteiger partial charge in [-0.2, -0.15) is 0 Å². The van der Waals surface area contributed by atoms with E-state index < -0.39 is 0 Å². The Morgan fingerprint density at radius 3 is 2.75 bits per heavy atom. The summed E-state index contributed by atoms with van der Waals surface area (Å²) in [4.78, 5) is 22.8. The molecule has 146 valence electrons. The predicted molar refractivity (Wildman–Crippen MR) is 117 cm³/mol. The van der Waals surface area contributed by atoms with Gasteiger partial charge in [-0.1, -0.05) is 30.7 Å². The number of fused-ring (bicyclic) bond motifs is 1. The number of halogens is 2. The van der Waals surface area contributed by atoms with Crippen molar-refractivity contribution in [2.24, 2.45) is 5.92 Å². The summed E-state index contributed by atoms with van der Waals surface area (Å²) in [6.07, 6.45) is 6.37. The molecule has 1 saturated heterocycles. The zero-order valence-electron chi connectivity index (χ0n) is 15.8. The predicted octanol–water partition coefficient (Wildman–Crippen LogP) is 5.76. The van der Waals surface area contributed by atoms with E-state index in [0.717, 1.165) is 52.6 Å². The molecule has 4 nitrogen and oxygen atoms in total. The number of piperidine rings is 1. The molecule has 1 N–H and O–H groups in total. The molecule has 0 saturated carbocycles. The molecule has 1 unspecified atom stereocenters. The number of aromatic amines is 1. The topological polar surface area (TPSA) is 49.0 Å². The molecule has 0 aliphatic carbocycles. The van der Waals surface area contributed by atoms with Gasteiger partial charge in [0, 0.05) is 52.7 Å². The Morgan fingerprint density at radius 1 is 1.32 bits per heavy atom. The summed E-state index contributed by atoms with van der Waals surface area (Å²) >= 11 is 9.62. The molecule has 4 rings (SSSR count). The van der Waals surface area contributed by atoms with Gasteiger partial charge in [0.1, 0.15) is 5.65 Å². The monoisotopic (exact) mass is 459 g/mol. The Labute approximate surface area is 178 Å². The molecule has 1 fully saturated rings. The van der Waals surface area contributed by atoms with Crippen LogP contribution in [0.1, 0.15) is 43.2 Å². The van der Waals surface area contributed by atoms with Crippen molar-refractivity contribution in [3.63, 3.8) is 0 Å². The van der Waals surface area contributed by atoms with Crippen LogP contribution in [0.5, 0.6) is 0 Å². The van der Waals surface area contributed by atoms with E-state index in [1.54, 1.807) is 6.20 Å². The lowest BCUT2D eigenvalue weighted by Crippen LogP contribution is -2.38. The van der Waals surface area contributed by atoms with Crippen LogP contribution in [0.2, 0.25) is 5.02 Å². The number of H-pyrrole nitrogens is 1. The third-order valence-electron chi connectivity index (χ3n) is 5.69. The van der Waals surface area contributed by atoms with E-state index in [9.17, 15) is 4.79 Å². The number of nitrogens with one attached hydrogen (secondary N) is 1. The third-order valence-corrected chi connectivity index (χ3v) is 6.38. The van der Waals surface area contributed by atoms with Gasteiger partial charge in [0.2, 0.25) is 5.91 Å². The summed E-state index contributed by atoms with van der Waals surface area (Å²) in [5, 5.41) is 1.73. The summed E-state index contributed by atoms with van der Waals surface area (Å²) in [7, 11) is 0. The van der Waals surface area contributed by atoms with E-state index >= 15 is 0 Å². The largest absolute Gasteiger partial charge is 0.346 e. The molecule has 0 spiro atoms. The summed E-state index contributed by atoms with van der Waals surface area (Å²) in [5.41, 5.74) is 3.00. The normalized spacial score (nSPS) is 16.5. The van der Waals surface area contributed by atoms with Crippen molar-refractivity contribution in [3.8, 4) is 0 Å². The summed E-state index contributed by atoms with van der Waals surface area (Å²) < 4.78 is 0.923. The minimum absolute atomic E-state index is 0.0473. The minimum Gasteiger partial charge on any atom is -0.346 e. The average molecular weight is 461 g/mol. The van der Waals surface area contributed by atoms with Gasteiger partial charge in [-0.05, 0) is 64.0 Å². The molecule has 3 aromatic rings. The molecule has 1 atom stereocenters. The molecular weight excluding hydrogens is 438 g/mol. The lowest BCUT2D eigenvalue weighted by molar-refractivity contribution is -0.132. The Hall–Kier alpha value is -1.85. The highest BCUT2D eigenvalue weighted by atomic mass is 79.9. The van der Waals surface area contributed by atoms with E-state index in [1.807, 2.05) is 35.4 Å². The number of carbonyl (C=O) groups is 1. The number of aromatic nitrogens is 2. The molecule has 6 heteroatoms. The van der Waals surface area contributed by atoms with Gasteiger partial charge < -0.3 is 9.88 Å². The standard InChI is InChI=1S/C22H23BrClN3O/c1-14-6-8-27(9-7-14)21(28)11-18(15-2-4-17(24)5-3-15)20-13-26-22-19(20)10-16(23)12-25-22/h2-5,10,12-14,18H,6-9,11H2,1H3,(H,25,26). The van der Waals surface area contributed by atoms with Gasteiger partial charge in [-0.15, -0.1) is 0 Å². The third kappa shape index (κ3) is 4.11. The molecule has 1 aliphatic rings. The molecule has 0 radical (unpaired) electrons. The van der Waals surface area contributed by atoms with Crippen LogP contribution in [-0.2, 0) is 4.79 Å². The van der Waals surface area contributed by atoms with Crippen LogP contribution in [0.4, 0.5) is 0 Å². The number of benzene rings is 1. The van der Waals surface area contributed by atoms with E-state index in [1.165, 1.54) is 0 Å². The van der Waals surface area contributed by atoms with Crippen molar-refractivity contribution in [1.82, 2.24) is 14.9 Å². The Balaban J connectivity index is 1.68. The van der Waals surface area contributed by atoms with Crippen molar-refractivity contribution in [3.05, 3.63) is 63.3 Å². The highest BCUT2D eigenvalue weighted by Crippen LogP contribution is 2.35. The number of nitrogens with zero attached hydrogens (tertiary/aromatic N) is 2. The first-order valence-corrected chi connectivity index (χ1v) is 10.8. The lowest BCUT2D eigenvalue weighted by atomic mass is 9.87. The number of rotatable bonds is 4. The Morgan fingerprint density at radius 2 is 2.04 bits per heavy atom. The van der Waals surface area contributed by atoms with Gasteiger partial charge in [-0.25, -0.2) is 4.98 Å². The second-order valence-corrected chi connectivity index (χ2v) is 9.02. The zero-order chi connectivity index (χ0) is 19.7. The smallest absolute Gasteiger partial charge is 0.223 e. The Bertz CT molecular complexity index is 977. The second-order valence-electron chi connectivity index (χ2n) is 7.67. The summed E-state index contributed by atoms with van der Waals surface area (Å²) in [5.74, 6) is 0.867. The van der Waals surface area contributed by atoms with Crippen molar-refractivity contribution in [2.45, 2.75) is 32.1 Å². The van der Waals surface area contributed by atoms with E-state index in [2.05, 4.69) is 38.9 Å². The molecule has 3 heterocycles. The number of hydrogen-bond acceptors (Lipinski definition) is 2. The fourth-order valence-corrected chi connectivity index (χ4v) is 4.41. The van der Waals surface area contributed by atoms with Gasteiger partial charge in [0.25, 0.3) is 0 Å². The quantitative estimate of drug-likeness (QED) is 0.538. The van der Waals surface area contributed by atoms with Crippen molar-refractivity contribution in [1.29, 1.82) is 0 Å². The first-order valence-electron chi connectivity index (χ1n) is 9.67. The maximum absolute atomic E-state index is 13.1. The van der Waals surface area contributed by atoms with Crippen LogP contribution in [0.25, 0.3) is 11.0 Å². The second kappa shape index (κ2) is 8.26. The maximum Gasteiger partial charge on any atom is 0.223 e. The van der Waals surface area contributed by atoms with E-state index in [0.29, 0.717) is 17.4 Å². The molecule has 2 aromatic heterocycles. The maximum atomic E-state index is 13.1. The van der Waals surface area contributed by atoms with Gasteiger partial charge >= 0.3 is 0 Å². The van der Waals surface area contributed by atoms with Gasteiger partial charge in [0.15, 0.2) is 0 Å². The molecule has 0 bridgehead atoms.